The molecule has 30 heavy (non-hydrogen) atoms. The van der Waals surface area contributed by atoms with Gasteiger partial charge in [0.2, 0.25) is 5.91 Å². The molecule has 150 valence electrons. The maximum atomic E-state index is 12.5. The normalized spacial score (nSPS) is 11.8. The van der Waals surface area contributed by atoms with Gasteiger partial charge in [-0.2, -0.15) is 5.10 Å². The maximum absolute atomic E-state index is 12.5. The van der Waals surface area contributed by atoms with Gasteiger partial charge in [0.05, 0.1) is 0 Å². The van der Waals surface area contributed by atoms with Gasteiger partial charge in [-0.1, -0.05) is 18.2 Å². The monoisotopic (exact) mass is 403 g/mol. The molecule has 0 aliphatic rings. The third-order valence-corrected chi connectivity index (χ3v) is 4.51. The molecular weight excluding hydrogens is 386 g/mol. The van der Waals surface area contributed by atoms with E-state index in [0.29, 0.717) is 22.3 Å². The van der Waals surface area contributed by atoms with Crippen molar-refractivity contribution in [1.29, 1.82) is 0 Å². The summed E-state index contributed by atoms with van der Waals surface area (Å²) < 4.78 is 6.64. The summed E-state index contributed by atoms with van der Waals surface area (Å²) in [5.41, 5.74) is 0.634. The minimum Gasteiger partial charge on any atom is -0.422 e. The van der Waals surface area contributed by atoms with Crippen LogP contribution in [0.5, 0.6) is 0 Å². The molecule has 1 atom stereocenters. The summed E-state index contributed by atoms with van der Waals surface area (Å²) in [7, 11) is 0. The predicted octanol–water partition coefficient (Wildman–Crippen LogP) is 2.84. The van der Waals surface area contributed by atoms with Crippen LogP contribution in [0.15, 0.2) is 76.5 Å². The average Bonchev–Trinajstić information content (AvgIpc) is 3.29. The van der Waals surface area contributed by atoms with E-state index in [1.54, 1.807) is 55.5 Å². The van der Waals surface area contributed by atoms with E-state index in [-0.39, 0.29) is 11.5 Å². The fourth-order valence-corrected chi connectivity index (χ4v) is 2.84. The van der Waals surface area contributed by atoms with Gasteiger partial charge in [0.25, 0.3) is 5.91 Å². The molecule has 2 N–H and O–H groups in total. The number of aromatic nitrogens is 3. The number of carbonyl (C=O) groups excluding carboxylic acids is 2. The SMILES string of the molecule is CC(C(=O)Nc1ccc(NC(=O)c2cc3ccccc3oc2=O)cc1)n1cncn1. The smallest absolute Gasteiger partial charge is 0.349 e. The van der Waals surface area contributed by atoms with Crippen LogP contribution in [-0.4, -0.2) is 26.6 Å². The summed E-state index contributed by atoms with van der Waals surface area (Å²) in [6.07, 6.45) is 2.82. The summed E-state index contributed by atoms with van der Waals surface area (Å²) in [5.74, 6) is -0.836. The number of nitrogens with zero attached hydrogens (tertiary/aromatic N) is 3. The van der Waals surface area contributed by atoms with Crippen LogP contribution in [0.2, 0.25) is 0 Å². The molecule has 4 rings (SSSR count). The Balaban J connectivity index is 1.44. The van der Waals surface area contributed by atoms with E-state index in [0.717, 1.165) is 0 Å². The van der Waals surface area contributed by atoms with E-state index < -0.39 is 17.6 Å². The molecule has 2 aromatic carbocycles. The number of amides is 2. The van der Waals surface area contributed by atoms with Gasteiger partial charge in [0.1, 0.15) is 29.8 Å². The average molecular weight is 403 g/mol. The lowest BCUT2D eigenvalue weighted by Gasteiger charge is -2.12. The van der Waals surface area contributed by atoms with Gasteiger partial charge in [0.15, 0.2) is 0 Å². The summed E-state index contributed by atoms with van der Waals surface area (Å²) in [6.45, 7) is 1.70. The second-order valence-electron chi connectivity index (χ2n) is 6.56. The highest BCUT2D eigenvalue weighted by Crippen LogP contribution is 2.17. The molecule has 0 saturated heterocycles. The number of rotatable bonds is 5. The predicted molar refractivity (Wildman–Crippen MR) is 110 cm³/mol. The van der Waals surface area contributed by atoms with Gasteiger partial charge in [-0.25, -0.2) is 14.5 Å². The zero-order valence-electron chi connectivity index (χ0n) is 15.9. The van der Waals surface area contributed by atoms with Crippen molar-refractivity contribution in [2.45, 2.75) is 13.0 Å². The molecule has 2 heterocycles. The third-order valence-electron chi connectivity index (χ3n) is 4.51. The van der Waals surface area contributed by atoms with Crippen molar-refractivity contribution in [3.05, 3.63) is 83.2 Å². The highest BCUT2D eigenvalue weighted by molar-refractivity contribution is 6.05. The number of fused-ring (bicyclic) bond motifs is 1. The largest absolute Gasteiger partial charge is 0.422 e. The molecule has 0 aliphatic heterocycles. The van der Waals surface area contributed by atoms with Gasteiger partial charge in [0, 0.05) is 16.8 Å². The van der Waals surface area contributed by atoms with Gasteiger partial charge < -0.3 is 15.1 Å². The molecule has 4 aromatic rings. The maximum Gasteiger partial charge on any atom is 0.349 e. The molecule has 9 nitrogen and oxygen atoms in total. The highest BCUT2D eigenvalue weighted by Gasteiger charge is 2.16. The second kappa shape index (κ2) is 8.00. The van der Waals surface area contributed by atoms with Crippen molar-refractivity contribution >= 4 is 34.2 Å². The quantitative estimate of drug-likeness (QED) is 0.495. The first-order valence-electron chi connectivity index (χ1n) is 9.10. The molecule has 9 heteroatoms. The molecule has 0 radical (unpaired) electrons. The lowest BCUT2D eigenvalue weighted by atomic mass is 10.1. The fourth-order valence-electron chi connectivity index (χ4n) is 2.84. The van der Waals surface area contributed by atoms with E-state index in [9.17, 15) is 14.4 Å². The van der Waals surface area contributed by atoms with Crippen LogP contribution in [0.3, 0.4) is 0 Å². The van der Waals surface area contributed by atoms with Crippen LogP contribution in [-0.2, 0) is 4.79 Å². The molecule has 2 aromatic heterocycles. The van der Waals surface area contributed by atoms with Gasteiger partial charge in [-0.3, -0.25) is 9.59 Å². The van der Waals surface area contributed by atoms with Crippen LogP contribution < -0.4 is 16.3 Å². The van der Waals surface area contributed by atoms with E-state index in [1.807, 2.05) is 0 Å². The van der Waals surface area contributed by atoms with Gasteiger partial charge >= 0.3 is 5.63 Å². The van der Waals surface area contributed by atoms with Crippen molar-refractivity contribution in [3.8, 4) is 0 Å². The van der Waals surface area contributed by atoms with E-state index in [1.165, 1.54) is 23.4 Å². The zero-order chi connectivity index (χ0) is 21.1. The van der Waals surface area contributed by atoms with Crippen LogP contribution in [0.1, 0.15) is 23.3 Å². The lowest BCUT2D eigenvalue weighted by Crippen LogP contribution is -2.24. The summed E-state index contributed by atoms with van der Waals surface area (Å²) >= 11 is 0. The summed E-state index contributed by atoms with van der Waals surface area (Å²) in [4.78, 5) is 40.7. The van der Waals surface area contributed by atoms with Crippen molar-refractivity contribution in [2.75, 3.05) is 10.6 Å². The molecule has 1 unspecified atom stereocenters. The zero-order valence-corrected chi connectivity index (χ0v) is 15.9. The topological polar surface area (TPSA) is 119 Å². The first-order valence-corrected chi connectivity index (χ1v) is 9.10. The molecule has 2 amide bonds. The summed E-state index contributed by atoms with van der Waals surface area (Å²) in [6, 6.07) is 14.5. The van der Waals surface area contributed by atoms with Crippen LogP contribution >= 0.6 is 0 Å². The Morgan fingerprint density at radius 1 is 1.03 bits per heavy atom. The van der Waals surface area contributed by atoms with Crippen molar-refractivity contribution in [1.82, 2.24) is 14.8 Å². The summed E-state index contributed by atoms with van der Waals surface area (Å²) in [5, 5.41) is 10.0. The van der Waals surface area contributed by atoms with Crippen molar-refractivity contribution in [2.24, 2.45) is 0 Å². The lowest BCUT2D eigenvalue weighted by molar-refractivity contribution is -0.119. The standard InChI is InChI=1S/C21H17N5O4/c1-13(26-12-22-11-23-26)19(27)24-15-6-8-16(9-7-15)25-20(28)17-10-14-4-2-3-5-18(14)30-21(17)29/h2-13H,1H3,(H,24,27)(H,25,28). The Labute approximate surface area is 170 Å². The Hall–Kier alpha value is -4.27. The number of anilines is 2. The minimum atomic E-state index is -0.711. The van der Waals surface area contributed by atoms with Crippen LogP contribution in [0, 0.1) is 0 Å². The number of benzene rings is 2. The Morgan fingerprint density at radius 2 is 1.73 bits per heavy atom. The number of hydrogen-bond donors (Lipinski definition) is 2. The van der Waals surface area contributed by atoms with Crippen molar-refractivity contribution < 1.29 is 14.0 Å². The van der Waals surface area contributed by atoms with Gasteiger partial charge in [-0.15, -0.1) is 0 Å². The Kier molecular flexibility index (Phi) is 5.08. The Morgan fingerprint density at radius 3 is 2.43 bits per heavy atom. The number of nitrogens with one attached hydrogen (secondary N) is 2. The molecule has 0 fully saturated rings. The first-order chi connectivity index (χ1) is 14.5. The highest BCUT2D eigenvalue weighted by atomic mass is 16.4. The molecule has 0 spiro atoms. The van der Waals surface area contributed by atoms with Gasteiger partial charge in [-0.05, 0) is 43.3 Å². The third kappa shape index (κ3) is 3.95. The molecule has 0 saturated carbocycles. The molecular formula is C21H17N5O4. The van der Waals surface area contributed by atoms with E-state index in [4.69, 9.17) is 4.42 Å². The van der Waals surface area contributed by atoms with E-state index >= 15 is 0 Å². The molecule has 0 aliphatic carbocycles. The van der Waals surface area contributed by atoms with Crippen LogP contribution in [0.25, 0.3) is 11.0 Å². The minimum absolute atomic E-state index is 0.0901. The Bertz CT molecular complexity index is 1260. The second-order valence-corrected chi connectivity index (χ2v) is 6.56. The molecule has 0 bridgehead atoms. The number of para-hydroxylation sites is 1. The first kappa shape index (κ1) is 19.1. The van der Waals surface area contributed by atoms with E-state index in [2.05, 4.69) is 20.7 Å². The fraction of sp³-hybridized carbons (Fsp3) is 0.0952. The van der Waals surface area contributed by atoms with Crippen LogP contribution in [0.4, 0.5) is 11.4 Å². The van der Waals surface area contributed by atoms with Crippen molar-refractivity contribution in [3.63, 3.8) is 0 Å². The number of carbonyl (C=O) groups is 2. The number of hydrogen-bond acceptors (Lipinski definition) is 6.